The molecule has 0 N–H and O–H groups in total. The zero-order valence-corrected chi connectivity index (χ0v) is 16.9. The Morgan fingerprint density at radius 1 is 1.14 bits per heavy atom. The van der Waals surface area contributed by atoms with Gasteiger partial charge >= 0.3 is 0 Å². The summed E-state index contributed by atoms with van der Waals surface area (Å²) in [7, 11) is 2.08. The Kier molecular flexibility index (Phi) is 5.78. The van der Waals surface area contributed by atoms with Crippen LogP contribution in [-0.2, 0) is 6.54 Å². The molecule has 3 aromatic rings. The lowest BCUT2D eigenvalue weighted by Gasteiger charge is -2.29. The molecule has 5 nitrogen and oxygen atoms in total. The van der Waals surface area contributed by atoms with Crippen molar-refractivity contribution in [2.45, 2.75) is 19.6 Å². The topological polar surface area (TPSA) is 43.8 Å². The van der Waals surface area contributed by atoms with Crippen molar-refractivity contribution < 1.29 is 14.2 Å². The van der Waals surface area contributed by atoms with E-state index in [4.69, 9.17) is 19.2 Å². The maximum atomic E-state index is 6.05. The van der Waals surface area contributed by atoms with Crippen LogP contribution in [0.1, 0.15) is 12.6 Å². The van der Waals surface area contributed by atoms with E-state index in [0.717, 1.165) is 46.6 Å². The van der Waals surface area contributed by atoms with Crippen molar-refractivity contribution in [3.05, 3.63) is 59.6 Å². The lowest BCUT2D eigenvalue weighted by molar-refractivity contribution is 0.0636. The molecule has 28 heavy (non-hydrogen) atoms. The molecule has 0 aliphatic carbocycles. The molecule has 1 unspecified atom stereocenters. The summed E-state index contributed by atoms with van der Waals surface area (Å²) in [5.41, 5.74) is 2.18. The van der Waals surface area contributed by atoms with Gasteiger partial charge in [-0.15, -0.1) is 11.3 Å². The van der Waals surface area contributed by atoms with Crippen LogP contribution >= 0.6 is 11.3 Å². The zero-order chi connectivity index (χ0) is 19.3. The fraction of sp³-hybridized carbons (Fsp3) is 0.318. The molecule has 6 heteroatoms. The minimum absolute atomic E-state index is 0.0177. The van der Waals surface area contributed by atoms with Gasteiger partial charge in [0.1, 0.15) is 23.5 Å². The summed E-state index contributed by atoms with van der Waals surface area (Å²) >= 11 is 1.67. The van der Waals surface area contributed by atoms with E-state index in [0.29, 0.717) is 13.2 Å². The van der Waals surface area contributed by atoms with Crippen LogP contribution in [0, 0.1) is 0 Å². The Morgan fingerprint density at radius 2 is 1.93 bits per heavy atom. The molecule has 2 aromatic carbocycles. The molecule has 1 aliphatic rings. The van der Waals surface area contributed by atoms with Crippen LogP contribution < -0.4 is 14.2 Å². The number of likely N-dealkylation sites (N-methyl/N-ethyl adjacent to an activating group) is 1. The molecule has 0 amide bonds. The first-order chi connectivity index (χ1) is 13.7. The molecule has 4 rings (SSSR count). The van der Waals surface area contributed by atoms with Crippen LogP contribution in [0.4, 0.5) is 0 Å². The maximum Gasteiger partial charge on any atom is 0.161 e. The molecule has 0 saturated carbocycles. The number of fused-ring (bicyclic) bond motifs is 1. The van der Waals surface area contributed by atoms with Gasteiger partial charge in [-0.25, -0.2) is 4.98 Å². The largest absolute Gasteiger partial charge is 0.494 e. The first-order valence-corrected chi connectivity index (χ1v) is 10.3. The van der Waals surface area contributed by atoms with E-state index in [-0.39, 0.29) is 6.10 Å². The lowest BCUT2D eigenvalue weighted by atomic mass is 10.2. The summed E-state index contributed by atoms with van der Waals surface area (Å²) in [6, 6.07) is 15.9. The molecule has 0 fully saturated rings. The third kappa shape index (κ3) is 4.46. The molecule has 0 radical (unpaired) electrons. The molecule has 1 aromatic heterocycles. The molecule has 0 bridgehead atoms. The van der Waals surface area contributed by atoms with Crippen molar-refractivity contribution in [3.8, 4) is 27.8 Å². The van der Waals surface area contributed by atoms with Gasteiger partial charge in [0, 0.05) is 24.0 Å². The second-order valence-electron chi connectivity index (χ2n) is 6.80. The summed E-state index contributed by atoms with van der Waals surface area (Å²) < 4.78 is 17.4. The number of rotatable bonds is 7. The van der Waals surface area contributed by atoms with Crippen molar-refractivity contribution in [2.24, 2.45) is 0 Å². The van der Waals surface area contributed by atoms with E-state index in [1.165, 1.54) is 0 Å². The molecular weight excluding hydrogens is 372 g/mol. The summed E-state index contributed by atoms with van der Waals surface area (Å²) in [5.74, 6) is 2.53. The predicted molar refractivity (Wildman–Crippen MR) is 111 cm³/mol. The van der Waals surface area contributed by atoms with Gasteiger partial charge in [0.25, 0.3) is 0 Å². The van der Waals surface area contributed by atoms with Gasteiger partial charge in [0.2, 0.25) is 0 Å². The average molecular weight is 397 g/mol. The van der Waals surface area contributed by atoms with Gasteiger partial charge in [-0.1, -0.05) is 12.1 Å². The Morgan fingerprint density at radius 3 is 2.71 bits per heavy atom. The summed E-state index contributed by atoms with van der Waals surface area (Å²) in [6.07, 6.45) is 0.0177. The molecule has 2 heterocycles. The van der Waals surface area contributed by atoms with Crippen molar-refractivity contribution in [3.63, 3.8) is 0 Å². The van der Waals surface area contributed by atoms with Gasteiger partial charge in [-0.05, 0) is 50.4 Å². The molecule has 146 valence electrons. The highest BCUT2D eigenvalue weighted by molar-refractivity contribution is 7.13. The monoisotopic (exact) mass is 396 g/mol. The second-order valence-corrected chi connectivity index (χ2v) is 7.65. The van der Waals surface area contributed by atoms with Crippen LogP contribution in [0.15, 0.2) is 53.9 Å². The first kappa shape index (κ1) is 18.8. The molecule has 0 saturated heterocycles. The minimum Gasteiger partial charge on any atom is -0.494 e. The van der Waals surface area contributed by atoms with Gasteiger partial charge in [0.05, 0.1) is 12.3 Å². The van der Waals surface area contributed by atoms with Crippen LogP contribution in [0.2, 0.25) is 0 Å². The summed E-state index contributed by atoms with van der Waals surface area (Å²) in [4.78, 5) is 7.01. The number of nitrogens with zero attached hydrogens (tertiary/aromatic N) is 2. The van der Waals surface area contributed by atoms with E-state index in [1.807, 2.05) is 43.3 Å². The van der Waals surface area contributed by atoms with Gasteiger partial charge < -0.3 is 14.2 Å². The standard InChI is InChI=1S/C22H24N2O3S/c1-3-25-18-10-8-16(9-11-18)22-23-17(15-28-22)12-24(2)13-19-14-26-20-6-4-5-7-21(20)27-19/h4-11,15,19H,3,12-14H2,1-2H3. The number of hydrogen-bond acceptors (Lipinski definition) is 6. The Hall–Kier alpha value is -2.57. The number of aromatic nitrogens is 1. The summed E-state index contributed by atoms with van der Waals surface area (Å²) in [5, 5.41) is 3.15. The third-order valence-corrected chi connectivity index (χ3v) is 5.42. The highest BCUT2D eigenvalue weighted by Gasteiger charge is 2.22. The Labute approximate surface area is 169 Å². The zero-order valence-electron chi connectivity index (χ0n) is 16.1. The number of para-hydroxylation sites is 2. The van der Waals surface area contributed by atoms with Gasteiger partial charge in [-0.3, -0.25) is 4.90 Å². The van der Waals surface area contributed by atoms with E-state index < -0.39 is 0 Å². The number of benzene rings is 2. The van der Waals surface area contributed by atoms with E-state index in [9.17, 15) is 0 Å². The Balaban J connectivity index is 1.33. The number of hydrogen-bond donors (Lipinski definition) is 0. The van der Waals surface area contributed by atoms with Gasteiger partial charge in [0.15, 0.2) is 11.5 Å². The Bertz CT molecular complexity index is 910. The van der Waals surface area contributed by atoms with Crippen LogP contribution in [-0.4, -0.2) is 42.8 Å². The second kappa shape index (κ2) is 8.63. The number of ether oxygens (including phenoxy) is 3. The van der Waals surface area contributed by atoms with E-state index in [2.05, 4.69) is 29.5 Å². The molecule has 1 atom stereocenters. The third-order valence-electron chi connectivity index (χ3n) is 4.48. The quantitative estimate of drug-likeness (QED) is 0.589. The first-order valence-electron chi connectivity index (χ1n) is 9.46. The fourth-order valence-electron chi connectivity index (χ4n) is 3.21. The SMILES string of the molecule is CCOc1ccc(-c2nc(CN(C)CC3COc4ccccc4O3)cs2)cc1. The van der Waals surface area contributed by atoms with Crippen LogP contribution in [0.5, 0.6) is 17.2 Å². The van der Waals surface area contributed by atoms with E-state index >= 15 is 0 Å². The van der Waals surface area contributed by atoms with Crippen LogP contribution in [0.25, 0.3) is 10.6 Å². The lowest BCUT2D eigenvalue weighted by Crippen LogP contribution is -2.39. The highest BCUT2D eigenvalue weighted by Crippen LogP contribution is 2.31. The fourth-order valence-corrected chi connectivity index (χ4v) is 4.03. The smallest absolute Gasteiger partial charge is 0.161 e. The normalized spacial score (nSPS) is 15.6. The average Bonchev–Trinajstić information content (AvgIpc) is 3.17. The van der Waals surface area contributed by atoms with Crippen molar-refractivity contribution >= 4 is 11.3 Å². The van der Waals surface area contributed by atoms with Crippen molar-refractivity contribution in [1.29, 1.82) is 0 Å². The van der Waals surface area contributed by atoms with Crippen molar-refractivity contribution in [2.75, 3.05) is 26.8 Å². The summed E-state index contributed by atoms with van der Waals surface area (Å²) in [6.45, 7) is 4.78. The molecule has 0 spiro atoms. The predicted octanol–water partition coefficient (Wildman–Crippen LogP) is 4.48. The van der Waals surface area contributed by atoms with Crippen LogP contribution in [0.3, 0.4) is 0 Å². The highest BCUT2D eigenvalue weighted by atomic mass is 32.1. The van der Waals surface area contributed by atoms with Gasteiger partial charge in [-0.2, -0.15) is 0 Å². The maximum absolute atomic E-state index is 6.05. The van der Waals surface area contributed by atoms with E-state index in [1.54, 1.807) is 11.3 Å². The molecular formula is C22H24N2O3S. The minimum atomic E-state index is 0.0177. The number of thiazole rings is 1. The van der Waals surface area contributed by atoms with Crippen molar-refractivity contribution in [1.82, 2.24) is 9.88 Å². The molecule has 1 aliphatic heterocycles.